The van der Waals surface area contributed by atoms with E-state index in [0.29, 0.717) is 0 Å². The van der Waals surface area contributed by atoms with Crippen LogP contribution in [0.4, 0.5) is 0 Å². The molecule has 17 heavy (non-hydrogen) atoms. The number of carbonyl (C=O) groups excluding carboxylic acids is 1. The predicted molar refractivity (Wildman–Crippen MR) is 66.3 cm³/mol. The van der Waals surface area contributed by atoms with Crippen molar-refractivity contribution in [2.75, 3.05) is 7.11 Å². The molecule has 0 aliphatic carbocycles. The van der Waals surface area contributed by atoms with Crippen molar-refractivity contribution in [3.05, 3.63) is 73.3 Å². The van der Waals surface area contributed by atoms with E-state index in [0.717, 1.165) is 6.08 Å². The maximum Gasteiger partial charge on any atom is 2.00 e. The second-order valence-electron chi connectivity index (χ2n) is 2.65. The molecule has 0 bridgehead atoms. The fourth-order valence-corrected chi connectivity index (χ4v) is 0.725. The van der Waals surface area contributed by atoms with Crippen molar-refractivity contribution in [2.45, 2.75) is 0 Å². The van der Waals surface area contributed by atoms with Crippen LogP contribution in [-0.2, 0) is 26.6 Å². The average molecular weight is 272 g/mol. The Morgan fingerprint density at radius 1 is 1.06 bits per heavy atom. The van der Waals surface area contributed by atoms with Gasteiger partial charge in [-0.2, -0.15) is 36.4 Å². The van der Waals surface area contributed by atoms with E-state index in [-0.39, 0.29) is 17.1 Å². The monoisotopic (exact) mass is 272 g/mol. The van der Waals surface area contributed by atoms with E-state index in [9.17, 15) is 4.79 Å². The summed E-state index contributed by atoms with van der Waals surface area (Å²) in [7, 11) is 1.31. The van der Waals surface area contributed by atoms with Gasteiger partial charge in [0.15, 0.2) is 0 Å². The minimum Gasteiger partial charge on any atom is -0.466 e. The molecule has 0 unspecified atom stereocenters. The van der Waals surface area contributed by atoms with Gasteiger partial charge >= 0.3 is 23.0 Å². The standard InChI is InChI=1S/2C5H5.C4H6O2.Fe/c2*1-2-4-5-3-1;1-3-4(5)6-2;/h2*1-5H;3H,1H2,2H3;/q2*-1;;+2. The van der Waals surface area contributed by atoms with Crippen LogP contribution in [-0.4, -0.2) is 13.1 Å². The van der Waals surface area contributed by atoms with Crippen molar-refractivity contribution in [1.29, 1.82) is 0 Å². The third kappa shape index (κ3) is 14.4. The van der Waals surface area contributed by atoms with E-state index >= 15 is 0 Å². The Kier molecular flexibility index (Phi) is 15.1. The van der Waals surface area contributed by atoms with E-state index in [1.165, 1.54) is 7.11 Å². The minimum absolute atomic E-state index is 0. The molecule has 0 amide bonds. The molecule has 0 spiro atoms. The molecule has 3 heteroatoms. The topological polar surface area (TPSA) is 26.3 Å². The Labute approximate surface area is 113 Å². The van der Waals surface area contributed by atoms with E-state index in [4.69, 9.17) is 0 Å². The first-order valence-electron chi connectivity index (χ1n) is 4.85. The fraction of sp³-hybridized carbons (Fsp3) is 0.0714. The molecule has 0 fully saturated rings. The van der Waals surface area contributed by atoms with Gasteiger partial charge in [-0.05, 0) is 0 Å². The second kappa shape index (κ2) is 14.4. The maximum atomic E-state index is 9.84. The molecule has 2 aromatic carbocycles. The normalized spacial score (nSPS) is 7.12. The molecule has 2 aromatic rings. The first-order valence-corrected chi connectivity index (χ1v) is 4.85. The summed E-state index contributed by atoms with van der Waals surface area (Å²) in [5, 5.41) is 0. The first kappa shape index (κ1) is 17.8. The van der Waals surface area contributed by atoms with Gasteiger partial charge in [0, 0.05) is 6.08 Å². The summed E-state index contributed by atoms with van der Waals surface area (Å²) < 4.78 is 4.14. The van der Waals surface area contributed by atoms with Crippen molar-refractivity contribution >= 4 is 5.97 Å². The number of carbonyl (C=O) groups is 1. The van der Waals surface area contributed by atoms with E-state index < -0.39 is 5.97 Å². The zero-order valence-corrected chi connectivity index (χ0v) is 10.8. The van der Waals surface area contributed by atoms with Gasteiger partial charge in [-0.1, -0.05) is 6.58 Å². The molecule has 0 atom stereocenters. The van der Waals surface area contributed by atoms with Crippen LogP contribution in [0, 0.1) is 0 Å². The summed E-state index contributed by atoms with van der Waals surface area (Å²) in [6, 6.07) is 20.0. The number of esters is 1. The van der Waals surface area contributed by atoms with Gasteiger partial charge in [0.2, 0.25) is 0 Å². The molecule has 0 aromatic heterocycles. The Morgan fingerprint density at radius 2 is 1.41 bits per heavy atom. The summed E-state index contributed by atoms with van der Waals surface area (Å²) in [6.07, 6.45) is 1.11. The molecule has 0 N–H and O–H groups in total. The molecular weight excluding hydrogens is 256 g/mol. The molecule has 92 valence electrons. The number of methoxy groups -OCH3 is 1. The number of hydrogen-bond donors (Lipinski definition) is 0. The van der Waals surface area contributed by atoms with Crippen LogP contribution in [0.2, 0.25) is 0 Å². The summed E-state index contributed by atoms with van der Waals surface area (Å²) in [4.78, 5) is 9.84. The third-order valence-corrected chi connectivity index (χ3v) is 1.48. The van der Waals surface area contributed by atoms with Gasteiger partial charge in [0.05, 0.1) is 7.11 Å². The second-order valence-corrected chi connectivity index (χ2v) is 2.65. The van der Waals surface area contributed by atoms with Crippen molar-refractivity contribution in [2.24, 2.45) is 0 Å². The Bertz CT molecular complexity index is 276. The van der Waals surface area contributed by atoms with Crippen LogP contribution in [0.3, 0.4) is 0 Å². The van der Waals surface area contributed by atoms with Crippen molar-refractivity contribution < 1.29 is 26.6 Å². The Morgan fingerprint density at radius 3 is 1.47 bits per heavy atom. The zero-order chi connectivity index (χ0) is 12.1. The predicted octanol–water partition coefficient (Wildman–Crippen LogP) is 3.15. The van der Waals surface area contributed by atoms with Gasteiger partial charge in [-0.3, -0.25) is 0 Å². The van der Waals surface area contributed by atoms with E-state index in [1.807, 2.05) is 60.7 Å². The smallest absolute Gasteiger partial charge is 0.466 e. The van der Waals surface area contributed by atoms with Crippen LogP contribution < -0.4 is 0 Å². The summed E-state index contributed by atoms with van der Waals surface area (Å²) in [5.74, 6) is -0.394. The number of ether oxygens (including phenoxy) is 1. The van der Waals surface area contributed by atoms with Crippen molar-refractivity contribution in [1.82, 2.24) is 0 Å². The quantitative estimate of drug-likeness (QED) is 0.345. The molecule has 0 aliphatic rings. The molecule has 0 heterocycles. The molecule has 0 radical (unpaired) electrons. The van der Waals surface area contributed by atoms with Crippen LogP contribution in [0.5, 0.6) is 0 Å². The maximum absolute atomic E-state index is 9.84. The molecule has 0 saturated heterocycles. The average Bonchev–Trinajstić information content (AvgIpc) is 3.03. The first-order chi connectivity index (χ1) is 7.81. The third-order valence-electron chi connectivity index (χ3n) is 1.48. The molecule has 0 saturated carbocycles. The molecule has 2 rings (SSSR count). The van der Waals surface area contributed by atoms with Crippen molar-refractivity contribution in [3.8, 4) is 0 Å². The molecular formula is C14H16FeO2. The minimum atomic E-state index is -0.394. The van der Waals surface area contributed by atoms with Crippen LogP contribution in [0.15, 0.2) is 73.3 Å². The molecule has 0 aliphatic heterocycles. The zero-order valence-electron chi connectivity index (χ0n) is 9.73. The Hall–Kier alpha value is -1.57. The van der Waals surface area contributed by atoms with Crippen molar-refractivity contribution in [3.63, 3.8) is 0 Å². The van der Waals surface area contributed by atoms with Gasteiger partial charge in [-0.25, -0.2) is 29.1 Å². The van der Waals surface area contributed by atoms with Crippen LogP contribution >= 0.6 is 0 Å². The summed E-state index contributed by atoms with van der Waals surface area (Å²) >= 11 is 0. The summed E-state index contributed by atoms with van der Waals surface area (Å²) in [5.41, 5.74) is 0. The van der Waals surface area contributed by atoms with Gasteiger partial charge in [0.1, 0.15) is 0 Å². The van der Waals surface area contributed by atoms with E-state index in [1.54, 1.807) is 0 Å². The Balaban J connectivity index is 0. The van der Waals surface area contributed by atoms with E-state index in [2.05, 4.69) is 11.3 Å². The molecule has 2 nitrogen and oxygen atoms in total. The van der Waals surface area contributed by atoms with Gasteiger partial charge in [-0.15, -0.1) is 0 Å². The summed E-state index contributed by atoms with van der Waals surface area (Å²) in [6.45, 7) is 3.16. The largest absolute Gasteiger partial charge is 2.00 e. The van der Waals surface area contributed by atoms with Gasteiger partial charge < -0.3 is 4.74 Å². The number of hydrogen-bond acceptors (Lipinski definition) is 2. The van der Waals surface area contributed by atoms with Crippen LogP contribution in [0.25, 0.3) is 0 Å². The fourth-order valence-electron chi connectivity index (χ4n) is 0.725. The SMILES string of the molecule is C=CC(=O)OC.[Fe+2].c1cc[cH-]c1.c1cc[cH-]c1. The number of rotatable bonds is 1. The van der Waals surface area contributed by atoms with Crippen LogP contribution in [0.1, 0.15) is 0 Å². The van der Waals surface area contributed by atoms with Gasteiger partial charge in [0.25, 0.3) is 0 Å².